The highest BCUT2D eigenvalue weighted by Crippen LogP contribution is 2.33. The molecule has 0 atom stereocenters. The normalized spacial score (nSPS) is 14.0. The molecular formula is C19H18N6O. The lowest BCUT2D eigenvalue weighted by Gasteiger charge is -2.01. The first-order chi connectivity index (χ1) is 12.8. The number of ether oxygens (including phenoxy) is 1. The second-order valence-corrected chi connectivity index (χ2v) is 6.68. The molecular weight excluding hydrogens is 328 g/mol. The summed E-state index contributed by atoms with van der Waals surface area (Å²) < 4.78 is 5.13. The van der Waals surface area contributed by atoms with Crippen LogP contribution in [0.25, 0.3) is 33.5 Å². The van der Waals surface area contributed by atoms with Gasteiger partial charge in [-0.15, -0.1) is 0 Å². The molecule has 1 fully saturated rings. The van der Waals surface area contributed by atoms with E-state index in [1.54, 1.807) is 13.3 Å². The van der Waals surface area contributed by atoms with Crippen molar-refractivity contribution in [2.45, 2.75) is 19.3 Å². The van der Waals surface area contributed by atoms with Gasteiger partial charge in [-0.25, -0.2) is 9.97 Å². The van der Waals surface area contributed by atoms with Crippen molar-refractivity contribution in [2.24, 2.45) is 5.92 Å². The molecule has 2 N–H and O–H groups in total. The van der Waals surface area contributed by atoms with Gasteiger partial charge in [0, 0.05) is 35.2 Å². The number of fused-ring (bicyclic) bond motifs is 1. The van der Waals surface area contributed by atoms with Gasteiger partial charge in [0.2, 0.25) is 5.88 Å². The second kappa shape index (κ2) is 5.94. The van der Waals surface area contributed by atoms with Crippen LogP contribution in [-0.4, -0.2) is 37.5 Å². The number of benzene rings is 1. The van der Waals surface area contributed by atoms with Gasteiger partial charge in [0.25, 0.3) is 0 Å². The quantitative estimate of drug-likeness (QED) is 0.578. The number of H-pyrrole nitrogens is 2. The highest BCUT2D eigenvalue weighted by atomic mass is 16.5. The third kappa shape index (κ3) is 2.71. The molecule has 4 aromatic rings. The van der Waals surface area contributed by atoms with Crippen molar-refractivity contribution in [2.75, 3.05) is 7.11 Å². The number of aromatic nitrogens is 6. The average Bonchev–Trinajstić information content (AvgIpc) is 3.20. The molecule has 0 spiro atoms. The van der Waals surface area contributed by atoms with Crippen LogP contribution in [0, 0.1) is 5.92 Å². The van der Waals surface area contributed by atoms with E-state index in [0.717, 1.165) is 51.7 Å². The van der Waals surface area contributed by atoms with Crippen LogP contribution in [0.1, 0.15) is 18.7 Å². The van der Waals surface area contributed by atoms with Gasteiger partial charge in [-0.2, -0.15) is 10.2 Å². The van der Waals surface area contributed by atoms with E-state index >= 15 is 0 Å². The minimum Gasteiger partial charge on any atom is -0.481 e. The van der Waals surface area contributed by atoms with Crippen molar-refractivity contribution < 1.29 is 4.74 Å². The van der Waals surface area contributed by atoms with E-state index < -0.39 is 0 Å². The molecule has 0 unspecified atom stereocenters. The van der Waals surface area contributed by atoms with Crippen molar-refractivity contribution in [1.82, 2.24) is 30.4 Å². The summed E-state index contributed by atoms with van der Waals surface area (Å²) in [6, 6.07) is 9.88. The van der Waals surface area contributed by atoms with E-state index in [4.69, 9.17) is 4.74 Å². The Hall–Kier alpha value is -3.22. The Morgan fingerprint density at radius 3 is 2.73 bits per heavy atom. The van der Waals surface area contributed by atoms with Crippen LogP contribution < -0.4 is 4.74 Å². The number of nitrogens with one attached hydrogen (secondary N) is 2. The van der Waals surface area contributed by atoms with Gasteiger partial charge in [-0.05, 0) is 43.0 Å². The van der Waals surface area contributed by atoms with E-state index in [2.05, 4.69) is 36.4 Å². The zero-order valence-electron chi connectivity index (χ0n) is 14.4. The molecule has 1 aliphatic rings. The van der Waals surface area contributed by atoms with E-state index in [9.17, 15) is 0 Å². The minimum atomic E-state index is 0.582. The first-order valence-corrected chi connectivity index (χ1v) is 8.70. The molecule has 0 saturated heterocycles. The SMILES string of the molecule is COc1ccc(-c2n[nH]c3ccc(-c4n[nH]c(CC5CC5)n4)cc23)cn1. The smallest absolute Gasteiger partial charge is 0.212 e. The van der Waals surface area contributed by atoms with Gasteiger partial charge < -0.3 is 4.74 Å². The summed E-state index contributed by atoms with van der Waals surface area (Å²) in [5, 5.41) is 16.0. The minimum absolute atomic E-state index is 0.582. The molecule has 1 aliphatic carbocycles. The van der Waals surface area contributed by atoms with E-state index in [1.165, 1.54) is 12.8 Å². The first-order valence-electron chi connectivity index (χ1n) is 8.70. The zero-order chi connectivity index (χ0) is 17.5. The Bertz CT molecular complexity index is 1060. The summed E-state index contributed by atoms with van der Waals surface area (Å²) in [6.07, 6.45) is 5.36. The lowest BCUT2D eigenvalue weighted by Crippen LogP contribution is -1.89. The van der Waals surface area contributed by atoms with Crippen molar-refractivity contribution in [3.05, 3.63) is 42.4 Å². The maximum Gasteiger partial charge on any atom is 0.212 e. The second-order valence-electron chi connectivity index (χ2n) is 6.68. The van der Waals surface area contributed by atoms with Crippen LogP contribution in [-0.2, 0) is 6.42 Å². The predicted molar refractivity (Wildman–Crippen MR) is 97.7 cm³/mol. The standard InChI is InChI=1S/C19H18N6O/c1-26-17-7-5-13(10-20-17)18-14-9-12(4-6-15(14)22-24-18)19-21-16(23-25-19)8-11-2-3-11/h4-7,9-11H,2-3,8H2,1H3,(H,22,24)(H,21,23,25). The fraction of sp³-hybridized carbons (Fsp3) is 0.263. The third-order valence-electron chi connectivity index (χ3n) is 4.75. The number of nitrogens with zero attached hydrogens (tertiary/aromatic N) is 4. The van der Waals surface area contributed by atoms with Crippen LogP contribution in [0.3, 0.4) is 0 Å². The van der Waals surface area contributed by atoms with Crippen LogP contribution >= 0.6 is 0 Å². The zero-order valence-corrected chi connectivity index (χ0v) is 14.4. The number of methoxy groups -OCH3 is 1. The largest absolute Gasteiger partial charge is 0.481 e. The molecule has 7 nitrogen and oxygen atoms in total. The molecule has 0 amide bonds. The number of aromatic amines is 2. The van der Waals surface area contributed by atoms with Gasteiger partial charge in [0.1, 0.15) is 11.5 Å². The Kier molecular flexibility index (Phi) is 3.44. The Balaban J connectivity index is 1.52. The van der Waals surface area contributed by atoms with Crippen molar-refractivity contribution in [3.63, 3.8) is 0 Å². The third-order valence-corrected chi connectivity index (χ3v) is 4.75. The lowest BCUT2D eigenvalue weighted by molar-refractivity contribution is 0.398. The predicted octanol–water partition coefficient (Wildman–Crippen LogP) is 3.37. The maximum absolute atomic E-state index is 5.13. The van der Waals surface area contributed by atoms with Crippen molar-refractivity contribution in [1.29, 1.82) is 0 Å². The summed E-state index contributed by atoms with van der Waals surface area (Å²) in [7, 11) is 1.60. The van der Waals surface area contributed by atoms with E-state index in [0.29, 0.717) is 5.88 Å². The van der Waals surface area contributed by atoms with Gasteiger partial charge in [-0.3, -0.25) is 10.2 Å². The molecule has 130 valence electrons. The molecule has 0 radical (unpaired) electrons. The van der Waals surface area contributed by atoms with Crippen LogP contribution in [0.4, 0.5) is 0 Å². The van der Waals surface area contributed by atoms with Gasteiger partial charge in [0.05, 0.1) is 12.6 Å². The summed E-state index contributed by atoms with van der Waals surface area (Å²) >= 11 is 0. The lowest BCUT2D eigenvalue weighted by atomic mass is 10.1. The number of hydrogen-bond donors (Lipinski definition) is 2. The van der Waals surface area contributed by atoms with Gasteiger partial charge in [-0.1, -0.05) is 0 Å². The molecule has 7 heteroatoms. The van der Waals surface area contributed by atoms with Crippen LogP contribution in [0.15, 0.2) is 36.5 Å². The topological polar surface area (TPSA) is 92.4 Å². The van der Waals surface area contributed by atoms with Crippen LogP contribution in [0.2, 0.25) is 0 Å². The molecule has 5 rings (SSSR count). The Morgan fingerprint density at radius 2 is 1.96 bits per heavy atom. The molecule has 3 aromatic heterocycles. The number of rotatable bonds is 5. The molecule has 3 heterocycles. The van der Waals surface area contributed by atoms with Crippen molar-refractivity contribution in [3.8, 4) is 28.5 Å². The average molecular weight is 346 g/mol. The Morgan fingerprint density at radius 1 is 1.08 bits per heavy atom. The summed E-state index contributed by atoms with van der Waals surface area (Å²) in [4.78, 5) is 8.92. The maximum atomic E-state index is 5.13. The van der Waals surface area contributed by atoms with Gasteiger partial charge >= 0.3 is 0 Å². The molecule has 0 bridgehead atoms. The monoisotopic (exact) mass is 346 g/mol. The number of hydrogen-bond acceptors (Lipinski definition) is 5. The fourth-order valence-corrected chi connectivity index (χ4v) is 3.13. The van der Waals surface area contributed by atoms with Crippen LogP contribution in [0.5, 0.6) is 5.88 Å². The van der Waals surface area contributed by atoms with Crippen molar-refractivity contribution >= 4 is 10.9 Å². The Labute approximate surface area is 149 Å². The fourth-order valence-electron chi connectivity index (χ4n) is 3.13. The first kappa shape index (κ1) is 15.1. The highest BCUT2D eigenvalue weighted by molar-refractivity contribution is 5.95. The highest BCUT2D eigenvalue weighted by Gasteiger charge is 2.23. The van der Waals surface area contributed by atoms with E-state index in [1.807, 2.05) is 24.3 Å². The number of pyridine rings is 1. The molecule has 1 aromatic carbocycles. The summed E-state index contributed by atoms with van der Waals surface area (Å²) in [5.41, 5.74) is 3.72. The molecule has 0 aliphatic heterocycles. The molecule has 1 saturated carbocycles. The molecule has 26 heavy (non-hydrogen) atoms. The summed E-state index contributed by atoms with van der Waals surface area (Å²) in [6.45, 7) is 0. The van der Waals surface area contributed by atoms with Gasteiger partial charge in [0.15, 0.2) is 5.82 Å². The summed E-state index contributed by atoms with van der Waals surface area (Å²) in [5.74, 6) is 3.05. The van der Waals surface area contributed by atoms with E-state index in [-0.39, 0.29) is 0 Å².